The van der Waals surface area contributed by atoms with E-state index in [1.165, 1.54) is 36.9 Å². The van der Waals surface area contributed by atoms with Crippen LogP contribution in [0.4, 0.5) is 0 Å². The van der Waals surface area contributed by atoms with Crippen molar-refractivity contribution in [1.82, 2.24) is 24.7 Å². The van der Waals surface area contributed by atoms with Crippen LogP contribution in [0.25, 0.3) is 5.65 Å². The molecule has 0 aliphatic carbocycles. The molecule has 1 fully saturated rings. The van der Waals surface area contributed by atoms with Crippen molar-refractivity contribution in [1.29, 1.82) is 0 Å². The third kappa shape index (κ3) is 10.9. The van der Waals surface area contributed by atoms with Gasteiger partial charge >= 0.3 is 11.9 Å². The number of carboxylic acid groups (broad SMARTS) is 2. The Balaban J connectivity index is 0.000000488. The Hall–Kier alpha value is -4.61. The van der Waals surface area contributed by atoms with E-state index in [4.69, 9.17) is 19.7 Å². The van der Waals surface area contributed by atoms with Crippen molar-refractivity contribution in [3.63, 3.8) is 0 Å². The summed E-state index contributed by atoms with van der Waals surface area (Å²) in [5.41, 5.74) is 3.18. The predicted octanol–water partition coefficient (Wildman–Crippen LogP) is 5.05. The van der Waals surface area contributed by atoms with Crippen molar-refractivity contribution < 1.29 is 29.3 Å². The van der Waals surface area contributed by atoms with Crippen molar-refractivity contribution in [3.05, 3.63) is 102 Å². The maximum Gasteiger partial charge on any atom is 0.328 e. The van der Waals surface area contributed by atoms with Gasteiger partial charge < -0.3 is 24.6 Å². The molecule has 0 amide bonds. The Labute approximate surface area is 256 Å². The molecule has 2 aromatic carbocycles. The van der Waals surface area contributed by atoms with Gasteiger partial charge in [0.05, 0.1) is 12.7 Å². The Bertz CT molecular complexity index is 1400. The highest BCUT2D eigenvalue weighted by Crippen LogP contribution is 2.30. The molecule has 5 rings (SSSR count). The summed E-state index contributed by atoms with van der Waals surface area (Å²) in [4.78, 5) is 21.7. The molecule has 4 aromatic rings. The van der Waals surface area contributed by atoms with Gasteiger partial charge in [-0.2, -0.15) is 4.52 Å². The quantitative estimate of drug-likeness (QED) is 0.149. The van der Waals surface area contributed by atoms with Crippen molar-refractivity contribution in [3.8, 4) is 5.88 Å². The molecule has 11 heteroatoms. The van der Waals surface area contributed by atoms with Gasteiger partial charge in [-0.1, -0.05) is 73.5 Å². The normalized spacial score (nSPS) is 14.0. The number of benzene rings is 2. The molecule has 11 nitrogen and oxygen atoms in total. The first-order valence-electron chi connectivity index (χ1n) is 14.9. The van der Waals surface area contributed by atoms with Crippen LogP contribution in [0.3, 0.4) is 0 Å². The highest BCUT2D eigenvalue weighted by Gasteiger charge is 2.24. The Morgan fingerprint density at radius 2 is 1.45 bits per heavy atom. The second kappa shape index (κ2) is 17.5. The minimum Gasteiger partial charge on any atom is -0.478 e. The number of hydrogen-bond donors (Lipinski definition) is 2. The summed E-state index contributed by atoms with van der Waals surface area (Å²) in [6, 6.07) is 24.9. The summed E-state index contributed by atoms with van der Waals surface area (Å²) >= 11 is 0. The maximum absolute atomic E-state index is 9.55. The van der Waals surface area contributed by atoms with Crippen molar-refractivity contribution >= 4 is 17.6 Å². The number of carboxylic acids is 2. The lowest BCUT2D eigenvalue weighted by atomic mass is 10.00. The molecule has 1 aliphatic rings. The summed E-state index contributed by atoms with van der Waals surface area (Å²) < 4.78 is 14.1. The third-order valence-corrected chi connectivity index (χ3v) is 7.19. The molecule has 0 saturated carbocycles. The van der Waals surface area contributed by atoms with Gasteiger partial charge in [0.15, 0.2) is 5.65 Å². The van der Waals surface area contributed by atoms with Gasteiger partial charge in [0, 0.05) is 31.3 Å². The number of aromatic nitrogens is 4. The third-order valence-electron chi connectivity index (χ3n) is 7.19. The van der Waals surface area contributed by atoms with Crippen LogP contribution in [0.15, 0.2) is 91.3 Å². The first-order chi connectivity index (χ1) is 21.5. The zero-order valence-electron chi connectivity index (χ0n) is 24.6. The molecule has 3 heterocycles. The minimum absolute atomic E-state index is 0.0000943. The predicted molar refractivity (Wildman–Crippen MR) is 164 cm³/mol. The topological polar surface area (TPSA) is 139 Å². The standard InChI is InChI=1S/C29H35N5O2.C4H4O4/c1(2-10-22-35-28-16-15-27-31-30-23-34(27)32-28)9-19-33-20-17-26(18-21-33)36-29(24-11-5-3-6-12-24)25-13-7-4-8-14-25;5-3(6)1-2-4(7)8/h3-8,11-16,23,26,29H,1-2,9-10,17-22H2;1-2H,(H,5,6)(H,7,8). The van der Waals surface area contributed by atoms with Gasteiger partial charge in [0.25, 0.3) is 0 Å². The Morgan fingerprint density at radius 1 is 0.841 bits per heavy atom. The van der Waals surface area contributed by atoms with Crippen molar-refractivity contribution in [2.75, 3.05) is 26.2 Å². The lowest BCUT2D eigenvalue weighted by Gasteiger charge is -2.34. The smallest absolute Gasteiger partial charge is 0.328 e. The van der Waals surface area contributed by atoms with E-state index in [9.17, 15) is 9.59 Å². The maximum atomic E-state index is 9.55. The first-order valence-corrected chi connectivity index (χ1v) is 14.9. The van der Waals surface area contributed by atoms with Gasteiger partial charge in [-0.05, 0) is 49.4 Å². The number of unbranched alkanes of at least 4 members (excludes halogenated alkanes) is 3. The molecule has 0 bridgehead atoms. The van der Waals surface area contributed by atoms with E-state index >= 15 is 0 Å². The van der Waals surface area contributed by atoms with E-state index in [2.05, 4.69) is 80.9 Å². The highest BCUT2D eigenvalue weighted by molar-refractivity contribution is 5.89. The highest BCUT2D eigenvalue weighted by atomic mass is 16.5. The van der Waals surface area contributed by atoms with Crippen LogP contribution < -0.4 is 4.74 Å². The largest absolute Gasteiger partial charge is 0.478 e. The second-order valence-corrected chi connectivity index (χ2v) is 10.5. The summed E-state index contributed by atoms with van der Waals surface area (Å²) in [7, 11) is 0. The van der Waals surface area contributed by atoms with Crippen LogP contribution >= 0.6 is 0 Å². The summed E-state index contributed by atoms with van der Waals surface area (Å²) in [6.45, 7) is 4.08. The van der Waals surface area contributed by atoms with Crippen LogP contribution in [0.1, 0.15) is 55.8 Å². The van der Waals surface area contributed by atoms with Crippen LogP contribution in [0, 0.1) is 0 Å². The van der Waals surface area contributed by atoms with Crippen molar-refractivity contribution in [2.45, 2.75) is 50.7 Å². The van der Waals surface area contributed by atoms with Gasteiger partial charge in [0.2, 0.25) is 5.88 Å². The number of carbonyl (C=O) groups is 2. The Kier molecular flexibility index (Phi) is 12.8. The van der Waals surface area contributed by atoms with E-state index in [0.717, 1.165) is 38.0 Å². The lowest BCUT2D eigenvalue weighted by Crippen LogP contribution is -2.38. The number of ether oxygens (including phenoxy) is 2. The number of fused-ring (bicyclic) bond motifs is 1. The molecule has 1 aliphatic heterocycles. The molecule has 0 radical (unpaired) electrons. The van der Waals surface area contributed by atoms with E-state index in [1.807, 2.05) is 12.1 Å². The molecular formula is C33H39N5O6. The van der Waals surface area contributed by atoms with Crippen LogP contribution in [-0.4, -0.2) is 79.2 Å². The van der Waals surface area contributed by atoms with Crippen molar-refractivity contribution in [2.24, 2.45) is 0 Å². The second-order valence-electron chi connectivity index (χ2n) is 10.5. The average Bonchev–Trinajstić information content (AvgIpc) is 3.52. The zero-order valence-corrected chi connectivity index (χ0v) is 24.6. The fraction of sp³-hybridized carbons (Fsp3) is 0.364. The van der Waals surface area contributed by atoms with E-state index in [0.29, 0.717) is 30.7 Å². The fourth-order valence-electron chi connectivity index (χ4n) is 4.96. The number of rotatable bonds is 14. The molecule has 232 valence electrons. The van der Waals surface area contributed by atoms with Gasteiger partial charge in [-0.3, -0.25) is 0 Å². The molecular weight excluding hydrogens is 562 g/mol. The number of aliphatic carboxylic acids is 2. The lowest BCUT2D eigenvalue weighted by molar-refractivity contribution is -0.134. The van der Waals surface area contributed by atoms with E-state index in [1.54, 1.807) is 10.8 Å². The van der Waals surface area contributed by atoms with Gasteiger partial charge in [0.1, 0.15) is 12.4 Å². The van der Waals surface area contributed by atoms with Gasteiger partial charge in [-0.25, -0.2) is 9.59 Å². The molecule has 2 aromatic heterocycles. The molecule has 0 atom stereocenters. The average molecular weight is 602 g/mol. The number of hydrogen-bond acceptors (Lipinski definition) is 8. The molecule has 44 heavy (non-hydrogen) atoms. The van der Waals surface area contributed by atoms with Crippen LogP contribution in [-0.2, 0) is 14.3 Å². The van der Waals surface area contributed by atoms with Gasteiger partial charge in [-0.15, -0.1) is 15.3 Å². The molecule has 0 spiro atoms. The zero-order chi connectivity index (χ0) is 31.0. The molecule has 2 N–H and O–H groups in total. The SMILES string of the molecule is O=C(O)C=CC(=O)O.c1ccc(C(OC2CCN(CCCCCCOc3ccc4nncn4n3)CC2)c2ccccc2)cc1. The first kappa shape index (κ1) is 32.3. The Morgan fingerprint density at radius 3 is 2.07 bits per heavy atom. The summed E-state index contributed by atoms with van der Waals surface area (Å²) in [6.07, 6.45) is 9.85. The summed E-state index contributed by atoms with van der Waals surface area (Å²) in [5, 5.41) is 27.8. The molecule has 0 unspecified atom stereocenters. The van der Waals surface area contributed by atoms with Crippen LogP contribution in [0.2, 0.25) is 0 Å². The number of piperidine rings is 1. The number of likely N-dealkylation sites (tertiary alicyclic amines) is 1. The van der Waals surface area contributed by atoms with Crippen LogP contribution in [0.5, 0.6) is 5.88 Å². The summed E-state index contributed by atoms with van der Waals surface area (Å²) in [5.74, 6) is -1.89. The monoisotopic (exact) mass is 601 g/mol. The molecule has 1 saturated heterocycles. The fourth-order valence-corrected chi connectivity index (χ4v) is 4.96. The van der Waals surface area contributed by atoms with E-state index < -0.39 is 11.9 Å². The number of nitrogens with zero attached hydrogens (tertiary/aromatic N) is 5. The minimum atomic E-state index is -1.26. The van der Waals surface area contributed by atoms with E-state index in [-0.39, 0.29) is 6.10 Å².